The molecule has 2 fully saturated rings. The van der Waals surface area contributed by atoms with Gasteiger partial charge in [-0.15, -0.1) is 0 Å². The van der Waals surface area contributed by atoms with Gasteiger partial charge >= 0.3 is 6.09 Å². The summed E-state index contributed by atoms with van der Waals surface area (Å²) in [6.07, 6.45) is 2.00. The zero-order chi connectivity index (χ0) is 11.2. The highest BCUT2D eigenvalue weighted by Crippen LogP contribution is 2.38. The summed E-state index contributed by atoms with van der Waals surface area (Å²) in [6, 6.07) is 0.185. The van der Waals surface area contributed by atoms with Crippen LogP contribution in [0.4, 0.5) is 4.79 Å². The third-order valence-electron chi connectivity index (χ3n) is 3.11. The summed E-state index contributed by atoms with van der Waals surface area (Å²) < 4.78 is 5.33. The van der Waals surface area contributed by atoms with Crippen LogP contribution in [0.2, 0.25) is 0 Å². The molecule has 3 atom stereocenters. The number of amides is 1. The minimum absolute atomic E-state index is 0.00940. The lowest BCUT2D eigenvalue weighted by molar-refractivity contribution is 0.0170. The Morgan fingerprint density at radius 3 is 2.47 bits per heavy atom. The Labute approximate surface area is 90.2 Å². The van der Waals surface area contributed by atoms with Crippen molar-refractivity contribution < 1.29 is 14.6 Å². The summed E-state index contributed by atoms with van der Waals surface area (Å²) in [6.45, 7) is 5.58. The minimum Gasteiger partial charge on any atom is -0.444 e. The molecule has 0 aliphatic carbocycles. The number of aliphatic hydroxyl groups excluding tert-OH is 1. The highest BCUT2D eigenvalue weighted by molar-refractivity contribution is 5.70. The Morgan fingerprint density at radius 2 is 2.07 bits per heavy atom. The SMILES string of the molecule is CC(C)(C)OC(=O)N1[C@@H]2CC[C@H]1[C@H](O)C2. The molecular weight excluding hydrogens is 194 g/mol. The predicted octanol–water partition coefficient (Wildman–Crippen LogP) is 1.52. The van der Waals surface area contributed by atoms with Crippen molar-refractivity contribution in [3.63, 3.8) is 0 Å². The number of nitrogens with zero attached hydrogens (tertiary/aromatic N) is 1. The van der Waals surface area contributed by atoms with Crippen LogP contribution in [-0.4, -0.2) is 39.9 Å². The van der Waals surface area contributed by atoms with Crippen molar-refractivity contribution in [2.24, 2.45) is 0 Å². The van der Waals surface area contributed by atoms with Crippen LogP contribution in [0.1, 0.15) is 40.0 Å². The van der Waals surface area contributed by atoms with E-state index in [1.54, 1.807) is 4.90 Å². The van der Waals surface area contributed by atoms with Crippen LogP contribution >= 0.6 is 0 Å². The molecule has 86 valence electrons. The highest BCUT2D eigenvalue weighted by Gasteiger charge is 2.49. The number of hydrogen-bond acceptors (Lipinski definition) is 3. The van der Waals surface area contributed by atoms with Crippen molar-refractivity contribution in [1.82, 2.24) is 4.90 Å². The minimum atomic E-state index is -0.454. The first-order valence-electron chi connectivity index (χ1n) is 5.58. The van der Waals surface area contributed by atoms with Gasteiger partial charge in [0.25, 0.3) is 0 Å². The number of fused-ring (bicyclic) bond motifs is 2. The van der Waals surface area contributed by atoms with E-state index in [2.05, 4.69) is 0 Å². The van der Waals surface area contributed by atoms with Crippen LogP contribution in [0.5, 0.6) is 0 Å². The van der Waals surface area contributed by atoms with Crippen molar-refractivity contribution in [3.05, 3.63) is 0 Å². The van der Waals surface area contributed by atoms with Crippen LogP contribution in [0.15, 0.2) is 0 Å². The fraction of sp³-hybridized carbons (Fsp3) is 0.909. The second-order valence-electron chi connectivity index (χ2n) is 5.49. The first-order valence-corrected chi connectivity index (χ1v) is 5.58. The van der Waals surface area contributed by atoms with Gasteiger partial charge < -0.3 is 9.84 Å². The topological polar surface area (TPSA) is 49.8 Å². The molecule has 0 spiro atoms. The number of ether oxygens (including phenoxy) is 1. The summed E-state index contributed by atoms with van der Waals surface area (Å²) in [5.74, 6) is 0. The van der Waals surface area contributed by atoms with E-state index in [1.807, 2.05) is 20.8 Å². The maximum atomic E-state index is 11.9. The molecule has 15 heavy (non-hydrogen) atoms. The molecule has 2 saturated heterocycles. The number of aliphatic hydroxyl groups is 1. The Kier molecular flexibility index (Phi) is 2.41. The molecule has 0 unspecified atom stereocenters. The van der Waals surface area contributed by atoms with E-state index in [0.717, 1.165) is 12.8 Å². The van der Waals surface area contributed by atoms with Crippen LogP contribution in [0.3, 0.4) is 0 Å². The summed E-state index contributed by atoms with van der Waals surface area (Å²) in [5, 5.41) is 9.69. The number of rotatable bonds is 0. The lowest BCUT2D eigenvalue weighted by atomic mass is 9.98. The average molecular weight is 213 g/mol. The molecule has 0 radical (unpaired) electrons. The van der Waals surface area contributed by atoms with Gasteiger partial charge in [0.05, 0.1) is 12.1 Å². The molecule has 0 aromatic heterocycles. The number of carbonyl (C=O) groups excluding carboxylic acids is 1. The van der Waals surface area contributed by atoms with Gasteiger partial charge in [-0.3, -0.25) is 4.90 Å². The van der Waals surface area contributed by atoms with Gasteiger partial charge in [0.1, 0.15) is 5.60 Å². The molecular formula is C11H19NO3. The molecule has 0 aromatic carbocycles. The standard InChI is InChI=1S/C11H19NO3/c1-11(2,3)15-10(14)12-7-4-5-8(12)9(13)6-7/h7-9,13H,4-6H2,1-3H3/t7-,8+,9-/m1/s1. The fourth-order valence-electron chi connectivity index (χ4n) is 2.56. The zero-order valence-electron chi connectivity index (χ0n) is 9.56. The van der Waals surface area contributed by atoms with E-state index in [9.17, 15) is 9.90 Å². The quantitative estimate of drug-likeness (QED) is 0.663. The monoisotopic (exact) mass is 213 g/mol. The average Bonchev–Trinajstić information content (AvgIpc) is 2.55. The summed E-state index contributed by atoms with van der Waals surface area (Å²) >= 11 is 0. The van der Waals surface area contributed by atoms with Gasteiger partial charge in [0.2, 0.25) is 0 Å². The first-order chi connectivity index (χ1) is 6.88. The molecule has 0 saturated carbocycles. The Balaban J connectivity index is 2.03. The molecule has 0 aromatic rings. The van der Waals surface area contributed by atoms with Gasteiger partial charge in [-0.1, -0.05) is 0 Å². The molecule has 1 N–H and O–H groups in total. The third kappa shape index (κ3) is 1.95. The van der Waals surface area contributed by atoms with Crippen molar-refractivity contribution in [2.45, 2.75) is 63.8 Å². The molecule has 1 amide bonds. The van der Waals surface area contributed by atoms with Crippen molar-refractivity contribution in [3.8, 4) is 0 Å². The molecule has 4 nitrogen and oxygen atoms in total. The van der Waals surface area contributed by atoms with Gasteiger partial charge in [0, 0.05) is 6.04 Å². The van der Waals surface area contributed by atoms with Crippen LogP contribution in [0.25, 0.3) is 0 Å². The van der Waals surface area contributed by atoms with E-state index < -0.39 is 5.60 Å². The van der Waals surface area contributed by atoms with Gasteiger partial charge in [-0.2, -0.15) is 0 Å². The molecule has 2 aliphatic heterocycles. The lowest BCUT2D eigenvalue weighted by Gasteiger charge is -2.27. The Hall–Kier alpha value is -0.770. The van der Waals surface area contributed by atoms with E-state index in [1.165, 1.54) is 0 Å². The summed E-state index contributed by atoms with van der Waals surface area (Å²) in [4.78, 5) is 13.6. The maximum Gasteiger partial charge on any atom is 0.410 e. The van der Waals surface area contributed by atoms with Gasteiger partial charge in [-0.05, 0) is 40.0 Å². The summed E-state index contributed by atoms with van der Waals surface area (Å²) in [7, 11) is 0. The van der Waals surface area contributed by atoms with Crippen molar-refractivity contribution in [2.75, 3.05) is 0 Å². The van der Waals surface area contributed by atoms with Crippen molar-refractivity contribution in [1.29, 1.82) is 0 Å². The predicted molar refractivity (Wildman–Crippen MR) is 55.5 cm³/mol. The lowest BCUT2D eigenvalue weighted by Crippen LogP contribution is -2.41. The smallest absolute Gasteiger partial charge is 0.410 e. The second kappa shape index (κ2) is 3.37. The van der Waals surface area contributed by atoms with E-state index in [-0.39, 0.29) is 24.3 Å². The van der Waals surface area contributed by atoms with Gasteiger partial charge in [-0.25, -0.2) is 4.79 Å². The largest absolute Gasteiger partial charge is 0.444 e. The molecule has 2 heterocycles. The Bertz CT molecular complexity index is 271. The third-order valence-corrected chi connectivity index (χ3v) is 3.11. The second-order valence-corrected chi connectivity index (χ2v) is 5.49. The maximum absolute atomic E-state index is 11.9. The van der Waals surface area contributed by atoms with Crippen LogP contribution in [0, 0.1) is 0 Å². The molecule has 2 bridgehead atoms. The number of carbonyl (C=O) groups is 1. The molecule has 2 rings (SSSR count). The van der Waals surface area contributed by atoms with Crippen LogP contribution in [-0.2, 0) is 4.74 Å². The highest BCUT2D eigenvalue weighted by atomic mass is 16.6. The number of hydrogen-bond donors (Lipinski definition) is 1. The molecule has 2 aliphatic rings. The first kappa shape index (κ1) is 10.7. The summed E-state index contributed by atoms with van der Waals surface area (Å²) in [5.41, 5.74) is -0.454. The fourth-order valence-corrected chi connectivity index (χ4v) is 2.56. The van der Waals surface area contributed by atoms with Crippen LogP contribution < -0.4 is 0 Å². The zero-order valence-corrected chi connectivity index (χ0v) is 9.56. The molecule has 4 heteroatoms. The normalized spacial score (nSPS) is 34.7. The van der Waals surface area contributed by atoms with E-state index in [4.69, 9.17) is 4.74 Å². The van der Waals surface area contributed by atoms with Gasteiger partial charge in [0.15, 0.2) is 0 Å². The Morgan fingerprint density at radius 1 is 1.40 bits per heavy atom. The van der Waals surface area contributed by atoms with E-state index in [0.29, 0.717) is 6.42 Å². The van der Waals surface area contributed by atoms with Crippen molar-refractivity contribution >= 4 is 6.09 Å². The van der Waals surface area contributed by atoms with E-state index >= 15 is 0 Å².